The average Bonchev–Trinajstić information content (AvgIpc) is 2.47. The van der Waals surface area contributed by atoms with Crippen molar-refractivity contribution >= 4 is 26.7 Å². The van der Waals surface area contributed by atoms with Gasteiger partial charge in [-0.05, 0) is 41.1 Å². The van der Waals surface area contributed by atoms with Crippen molar-refractivity contribution in [3.63, 3.8) is 0 Å². The Balaban J connectivity index is 1.92. The van der Waals surface area contributed by atoms with Gasteiger partial charge in [0.2, 0.25) is 5.88 Å². The first-order chi connectivity index (χ1) is 9.74. The molecule has 3 rings (SSSR count). The number of benzene rings is 2. The van der Waals surface area contributed by atoms with Gasteiger partial charge in [0, 0.05) is 16.7 Å². The molecule has 0 bridgehead atoms. The van der Waals surface area contributed by atoms with Gasteiger partial charge in [0.25, 0.3) is 0 Å². The number of fused-ring (bicyclic) bond motifs is 1. The Kier molecular flexibility index (Phi) is 3.56. The Morgan fingerprint density at radius 3 is 2.50 bits per heavy atom. The molecule has 100 valence electrons. The van der Waals surface area contributed by atoms with E-state index in [1.165, 1.54) is 5.39 Å². The zero-order chi connectivity index (χ0) is 13.9. The molecule has 0 fully saturated rings. The Bertz CT molecular complexity index is 758. The van der Waals surface area contributed by atoms with Gasteiger partial charge >= 0.3 is 0 Å². The zero-order valence-electron chi connectivity index (χ0n) is 10.8. The van der Waals surface area contributed by atoms with Crippen molar-refractivity contribution in [1.29, 1.82) is 0 Å². The third-order valence-corrected chi connectivity index (χ3v) is 3.42. The number of methoxy groups -OCH3 is 1. The highest BCUT2D eigenvalue weighted by molar-refractivity contribution is 9.10. The summed E-state index contributed by atoms with van der Waals surface area (Å²) in [4.78, 5) is 4.05. The lowest BCUT2D eigenvalue weighted by Gasteiger charge is -2.08. The zero-order valence-corrected chi connectivity index (χ0v) is 12.4. The molecule has 1 aromatic heterocycles. The van der Waals surface area contributed by atoms with E-state index in [1.807, 2.05) is 24.3 Å². The van der Waals surface area contributed by atoms with Gasteiger partial charge in [-0.15, -0.1) is 0 Å². The minimum Gasteiger partial charge on any atom is -0.481 e. The van der Waals surface area contributed by atoms with Gasteiger partial charge in [0.05, 0.1) is 7.11 Å². The van der Waals surface area contributed by atoms with Crippen LogP contribution in [0.2, 0.25) is 0 Å². The summed E-state index contributed by atoms with van der Waals surface area (Å²) in [6.45, 7) is 0. The van der Waals surface area contributed by atoms with E-state index in [9.17, 15) is 0 Å². The molecule has 1 heterocycles. The topological polar surface area (TPSA) is 31.4 Å². The molecule has 0 radical (unpaired) electrons. The number of pyridine rings is 1. The van der Waals surface area contributed by atoms with E-state index >= 15 is 0 Å². The predicted octanol–water partition coefficient (Wildman–Crippen LogP) is 4.80. The first-order valence-corrected chi connectivity index (χ1v) is 6.91. The summed E-state index contributed by atoms with van der Waals surface area (Å²) < 4.78 is 12.0. The normalized spacial score (nSPS) is 10.5. The lowest BCUT2D eigenvalue weighted by Crippen LogP contribution is -1.89. The summed E-state index contributed by atoms with van der Waals surface area (Å²) in [5.74, 6) is 2.02. The van der Waals surface area contributed by atoms with E-state index in [4.69, 9.17) is 9.47 Å². The Hall–Kier alpha value is -2.07. The van der Waals surface area contributed by atoms with Crippen LogP contribution >= 0.6 is 15.9 Å². The fourth-order valence-corrected chi connectivity index (χ4v) is 2.34. The van der Waals surface area contributed by atoms with E-state index in [1.54, 1.807) is 25.4 Å². The molecular weight excluding hydrogens is 318 g/mol. The molecule has 0 saturated heterocycles. The summed E-state index contributed by atoms with van der Waals surface area (Å²) in [6.07, 6.45) is 1.66. The van der Waals surface area contributed by atoms with E-state index in [-0.39, 0.29) is 0 Å². The molecule has 0 unspecified atom stereocenters. The highest BCUT2D eigenvalue weighted by Gasteiger charge is 2.02. The van der Waals surface area contributed by atoms with Crippen LogP contribution < -0.4 is 9.47 Å². The number of nitrogens with zero attached hydrogens (tertiary/aromatic N) is 1. The van der Waals surface area contributed by atoms with Crippen LogP contribution in [0.1, 0.15) is 0 Å². The maximum absolute atomic E-state index is 5.83. The molecule has 0 spiro atoms. The van der Waals surface area contributed by atoms with Crippen LogP contribution in [0.25, 0.3) is 10.8 Å². The number of rotatable bonds is 3. The van der Waals surface area contributed by atoms with Crippen LogP contribution in [0, 0.1) is 0 Å². The second kappa shape index (κ2) is 5.51. The second-order valence-corrected chi connectivity index (χ2v) is 5.20. The maximum Gasteiger partial charge on any atom is 0.216 e. The van der Waals surface area contributed by atoms with Crippen LogP contribution in [0.4, 0.5) is 0 Å². The van der Waals surface area contributed by atoms with E-state index in [2.05, 4.69) is 33.0 Å². The third-order valence-electron chi connectivity index (χ3n) is 2.92. The van der Waals surface area contributed by atoms with Crippen LogP contribution in [0.15, 0.2) is 59.2 Å². The number of halogens is 1. The van der Waals surface area contributed by atoms with Crippen molar-refractivity contribution in [3.05, 3.63) is 59.2 Å². The van der Waals surface area contributed by atoms with Crippen molar-refractivity contribution < 1.29 is 9.47 Å². The molecule has 2 aromatic carbocycles. The largest absolute Gasteiger partial charge is 0.481 e. The minimum absolute atomic E-state index is 0.534. The molecule has 0 saturated carbocycles. The molecule has 3 aromatic rings. The fraction of sp³-hybridized carbons (Fsp3) is 0.0625. The highest BCUT2D eigenvalue weighted by atomic mass is 79.9. The smallest absolute Gasteiger partial charge is 0.216 e. The third kappa shape index (κ3) is 2.75. The van der Waals surface area contributed by atoms with E-state index in [0.29, 0.717) is 11.6 Å². The lowest BCUT2D eigenvalue weighted by atomic mass is 10.1. The first-order valence-electron chi connectivity index (χ1n) is 6.12. The van der Waals surface area contributed by atoms with Gasteiger partial charge in [-0.3, -0.25) is 0 Å². The Morgan fingerprint density at radius 2 is 1.65 bits per heavy atom. The second-order valence-electron chi connectivity index (χ2n) is 4.29. The fourth-order valence-electron chi connectivity index (χ4n) is 1.96. The summed E-state index contributed by atoms with van der Waals surface area (Å²) in [5, 5.41) is 2.30. The standard InChI is InChI=1S/C16H12BrNO2/c1-19-16-10-15(6-7-18-16)20-14-5-3-11-8-13(17)4-2-12(11)9-14/h2-10H,1H3. The van der Waals surface area contributed by atoms with Crippen molar-refractivity contribution in [3.8, 4) is 17.4 Å². The minimum atomic E-state index is 0.534. The average molecular weight is 330 g/mol. The summed E-state index contributed by atoms with van der Waals surface area (Å²) in [7, 11) is 1.58. The number of ether oxygens (including phenoxy) is 2. The molecule has 4 heteroatoms. The van der Waals surface area contributed by atoms with Gasteiger partial charge in [0.15, 0.2) is 0 Å². The van der Waals surface area contributed by atoms with E-state index < -0.39 is 0 Å². The SMILES string of the molecule is COc1cc(Oc2ccc3cc(Br)ccc3c2)ccn1. The molecule has 0 aliphatic heterocycles. The molecule has 0 N–H and O–H groups in total. The number of hydrogen-bond donors (Lipinski definition) is 0. The Labute approximate surface area is 125 Å². The van der Waals surface area contributed by atoms with Gasteiger partial charge in [-0.25, -0.2) is 4.98 Å². The monoisotopic (exact) mass is 329 g/mol. The maximum atomic E-state index is 5.83. The number of aromatic nitrogens is 1. The molecule has 3 nitrogen and oxygen atoms in total. The molecule has 20 heavy (non-hydrogen) atoms. The van der Waals surface area contributed by atoms with Crippen molar-refractivity contribution in [2.24, 2.45) is 0 Å². The first kappa shape index (κ1) is 12.9. The van der Waals surface area contributed by atoms with Gasteiger partial charge < -0.3 is 9.47 Å². The van der Waals surface area contributed by atoms with Crippen LogP contribution in [0.5, 0.6) is 17.4 Å². The van der Waals surface area contributed by atoms with Crippen LogP contribution in [0.3, 0.4) is 0 Å². The summed E-state index contributed by atoms with van der Waals surface area (Å²) >= 11 is 3.47. The Morgan fingerprint density at radius 1 is 0.900 bits per heavy atom. The van der Waals surface area contributed by atoms with Gasteiger partial charge in [-0.1, -0.05) is 28.1 Å². The quantitative estimate of drug-likeness (QED) is 0.691. The highest BCUT2D eigenvalue weighted by Crippen LogP contribution is 2.28. The molecule has 0 atom stereocenters. The van der Waals surface area contributed by atoms with Crippen molar-refractivity contribution in [2.45, 2.75) is 0 Å². The molecule has 0 aliphatic carbocycles. The molecule has 0 amide bonds. The van der Waals surface area contributed by atoms with Crippen molar-refractivity contribution in [1.82, 2.24) is 4.98 Å². The summed E-state index contributed by atoms with van der Waals surface area (Å²) in [6, 6.07) is 15.7. The van der Waals surface area contributed by atoms with Crippen LogP contribution in [-0.2, 0) is 0 Å². The van der Waals surface area contributed by atoms with Crippen molar-refractivity contribution in [2.75, 3.05) is 7.11 Å². The van der Waals surface area contributed by atoms with E-state index in [0.717, 1.165) is 15.6 Å². The predicted molar refractivity (Wildman–Crippen MR) is 82.5 cm³/mol. The van der Waals surface area contributed by atoms with Gasteiger partial charge in [0.1, 0.15) is 11.5 Å². The molecule has 0 aliphatic rings. The van der Waals surface area contributed by atoms with Crippen LogP contribution in [-0.4, -0.2) is 12.1 Å². The lowest BCUT2D eigenvalue weighted by molar-refractivity contribution is 0.392. The summed E-state index contributed by atoms with van der Waals surface area (Å²) in [5.41, 5.74) is 0. The van der Waals surface area contributed by atoms with Gasteiger partial charge in [-0.2, -0.15) is 0 Å². The molecular formula is C16H12BrNO2. The number of hydrogen-bond acceptors (Lipinski definition) is 3.